The molecule has 1 aromatic carbocycles. The number of nitrogens with zero attached hydrogens (tertiary/aromatic N) is 1. The third kappa shape index (κ3) is 5.46. The molecule has 19 heavy (non-hydrogen) atoms. The van der Waals surface area contributed by atoms with Crippen LogP contribution in [0.5, 0.6) is 11.5 Å². The summed E-state index contributed by atoms with van der Waals surface area (Å²) < 4.78 is 37.0. The zero-order valence-electron chi connectivity index (χ0n) is 11.3. The summed E-state index contributed by atoms with van der Waals surface area (Å²) >= 11 is 0. The molecule has 0 bridgehead atoms. The predicted octanol–water partition coefficient (Wildman–Crippen LogP) is 1.11. The van der Waals surface area contributed by atoms with E-state index in [4.69, 9.17) is 9.29 Å². The summed E-state index contributed by atoms with van der Waals surface area (Å²) in [6.07, 6.45) is 0.763. The highest BCUT2D eigenvalue weighted by atomic mass is 32.2. The molecule has 0 saturated carbocycles. The standard InChI is InChI=1S/C12H19NO5S/c1-13(2,3)7-4-8-18-12-9-10(19(15,16)17)5-6-11(12)14/h5-6,9H,4,7-8H2,1-3H3,(H-,14,15,16,17)/p+1. The van der Waals surface area contributed by atoms with E-state index in [-0.39, 0.29) is 16.4 Å². The first-order valence-corrected chi connectivity index (χ1v) is 7.27. The summed E-state index contributed by atoms with van der Waals surface area (Å²) in [7, 11) is 1.87. The van der Waals surface area contributed by atoms with Gasteiger partial charge in [0.15, 0.2) is 11.5 Å². The smallest absolute Gasteiger partial charge is 0.294 e. The molecular weight excluding hydrogens is 270 g/mol. The number of hydrogen-bond acceptors (Lipinski definition) is 4. The third-order valence-electron chi connectivity index (χ3n) is 2.46. The van der Waals surface area contributed by atoms with Crippen LogP contribution in [0.3, 0.4) is 0 Å². The van der Waals surface area contributed by atoms with Crippen LogP contribution in [0.15, 0.2) is 23.1 Å². The highest BCUT2D eigenvalue weighted by Gasteiger charge is 2.13. The zero-order chi connectivity index (χ0) is 14.7. The van der Waals surface area contributed by atoms with Gasteiger partial charge in [-0.25, -0.2) is 0 Å². The Morgan fingerprint density at radius 1 is 1.26 bits per heavy atom. The summed E-state index contributed by atoms with van der Waals surface area (Å²) in [4.78, 5) is -0.299. The Morgan fingerprint density at radius 3 is 2.42 bits per heavy atom. The second kappa shape index (κ2) is 5.77. The van der Waals surface area contributed by atoms with Gasteiger partial charge in [-0.05, 0) is 12.1 Å². The van der Waals surface area contributed by atoms with Crippen LogP contribution in [0.4, 0.5) is 0 Å². The molecule has 0 aliphatic rings. The Labute approximate surface area is 113 Å². The molecule has 1 aromatic rings. The third-order valence-corrected chi connectivity index (χ3v) is 3.31. The van der Waals surface area contributed by atoms with Gasteiger partial charge in [0.05, 0.1) is 39.2 Å². The molecule has 0 aliphatic heterocycles. The van der Waals surface area contributed by atoms with Gasteiger partial charge < -0.3 is 14.3 Å². The van der Waals surface area contributed by atoms with Gasteiger partial charge >= 0.3 is 0 Å². The molecule has 0 aliphatic carbocycles. The van der Waals surface area contributed by atoms with Crippen LogP contribution < -0.4 is 4.74 Å². The maximum atomic E-state index is 11.0. The van der Waals surface area contributed by atoms with Crippen molar-refractivity contribution in [1.29, 1.82) is 0 Å². The van der Waals surface area contributed by atoms with Gasteiger partial charge in [0.2, 0.25) is 0 Å². The highest BCUT2D eigenvalue weighted by Crippen LogP contribution is 2.28. The minimum absolute atomic E-state index is 0.0523. The fraction of sp³-hybridized carbons (Fsp3) is 0.500. The van der Waals surface area contributed by atoms with Crippen molar-refractivity contribution in [2.24, 2.45) is 0 Å². The van der Waals surface area contributed by atoms with Gasteiger partial charge in [0, 0.05) is 12.5 Å². The van der Waals surface area contributed by atoms with Crippen LogP contribution in [0, 0.1) is 0 Å². The summed E-state index contributed by atoms with van der Waals surface area (Å²) in [6, 6.07) is 3.40. The molecule has 0 atom stereocenters. The number of hydrogen-bond donors (Lipinski definition) is 2. The first kappa shape index (κ1) is 15.7. The average molecular weight is 290 g/mol. The molecule has 0 radical (unpaired) electrons. The average Bonchev–Trinajstić information content (AvgIpc) is 2.23. The number of phenolic OH excluding ortho intramolecular Hbond substituents is 1. The lowest BCUT2D eigenvalue weighted by atomic mass is 10.3. The summed E-state index contributed by atoms with van der Waals surface area (Å²) in [5.41, 5.74) is 0. The molecule has 7 heteroatoms. The van der Waals surface area contributed by atoms with E-state index in [1.807, 2.05) is 0 Å². The molecule has 2 N–H and O–H groups in total. The van der Waals surface area contributed by atoms with Crippen molar-refractivity contribution in [1.82, 2.24) is 0 Å². The van der Waals surface area contributed by atoms with Crippen molar-refractivity contribution >= 4 is 10.1 Å². The van der Waals surface area contributed by atoms with Crippen LogP contribution in [0.1, 0.15) is 6.42 Å². The van der Waals surface area contributed by atoms with Crippen molar-refractivity contribution in [3.63, 3.8) is 0 Å². The second-order valence-electron chi connectivity index (χ2n) is 5.32. The molecule has 0 aromatic heterocycles. The number of aromatic hydroxyl groups is 1. The van der Waals surface area contributed by atoms with Crippen LogP contribution in [-0.2, 0) is 10.1 Å². The first-order chi connectivity index (χ1) is 8.59. The maximum absolute atomic E-state index is 11.0. The van der Waals surface area contributed by atoms with E-state index in [9.17, 15) is 13.5 Å². The molecule has 0 amide bonds. The minimum Gasteiger partial charge on any atom is -0.504 e. The van der Waals surface area contributed by atoms with Crippen molar-refractivity contribution in [2.45, 2.75) is 11.3 Å². The van der Waals surface area contributed by atoms with E-state index >= 15 is 0 Å². The summed E-state index contributed by atoms with van der Waals surface area (Å²) in [5.74, 6) is -0.103. The molecule has 6 nitrogen and oxygen atoms in total. The lowest BCUT2D eigenvalue weighted by Gasteiger charge is -2.23. The minimum atomic E-state index is -4.29. The van der Waals surface area contributed by atoms with Crippen molar-refractivity contribution in [2.75, 3.05) is 34.3 Å². The molecule has 1 rings (SSSR count). The predicted molar refractivity (Wildman–Crippen MR) is 70.9 cm³/mol. The molecule has 0 fully saturated rings. The Hall–Kier alpha value is -1.31. The van der Waals surface area contributed by atoms with E-state index in [0.717, 1.165) is 29.6 Å². The molecule has 108 valence electrons. The van der Waals surface area contributed by atoms with E-state index < -0.39 is 10.1 Å². The summed E-state index contributed by atoms with van der Waals surface area (Å²) in [5, 5.41) is 9.55. The lowest BCUT2D eigenvalue weighted by Crippen LogP contribution is -2.35. The first-order valence-electron chi connectivity index (χ1n) is 5.83. The van der Waals surface area contributed by atoms with Gasteiger partial charge in [-0.2, -0.15) is 8.42 Å². The Bertz CT molecular complexity index is 534. The van der Waals surface area contributed by atoms with Crippen molar-refractivity contribution in [3.05, 3.63) is 18.2 Å². The number of rotatable bonds is 6. The second-order valence-corrected chi connectivity index (χ2v) is 6.74. The SMILES string of the molecule is C[N+](C)(C)CCCOc1cc(S(=O)(=O)O)ccc1O. The Balaban J connectivity index is 2.68. The van der Waals surface area contributed by atoms with Gasteiger partial charge in [-0.1, -0.05) is 0 Å². The van der Waals surface area contributed by atoms with E-state index in [1.165, 1.54) is 6.07 Å². The lowest BCUT2D eigenvalue weighted by molar-refractivity contribution is -0.870. The number of phenols is 1. The maximum Gasteiger partial charge on any atom is 0.294 e. The fourth-order valence-corrected chi connectivity index (χ4v) is 1.99. The highest BCUT2D eigenvalue weighted by molar-refractivity contribution is 7.85. The largest absolute Gasteiger partial charge is 0.504 e. The Morgan fingerprint density at radius 2 is 1.89 bits per heavy atom. The van der Waals surface area contributed by atoms with Crippen LogP contribution >= 0.6 is 0 Å². The van der Waals surface area contributed by atoms with Crippen LogP contribution in [0.2, 0.25) is 0 Å². The number of quaternary nitrogens is 1. The van der Waals surface area contributed by atoms with Crippen LogP contribution in [0.25, 0.3) is 0 Å². The molecule has 0 saturated heterocycles. The molecule has 0 heterocycles. The fourth-order valence-electron chi connectivity index (χ4n) is 1.49. The van der Waals surface area contributed by atoms with Crippen molar-refractivity contribution < 1.29 is 27.3 Å². The van der Waals surface area contributed by atoms with Gasteiger partial charge in [0.25, 0.3) is 10.1 Å². The quantitative estimate of drug-likeness (QED) is 0.466. The number of ether oxygens (including phenoxy) is 1. The van der Waals surface area contributed by atoms with Gasteiger partial charge in [-0.15, -0.1) is 0 Å². The van der Waals surface area contributed by atoms with E-state index in [2.05, 4.69) is 21.1 Å². The molecule has 0 spiro atoms. The normalized spacial score (nSPS) is 12.4. The van der Waals surface area contributed by atoms with Gasteiger partial charge in [-0.3, -0.25) is 4.55 Å². The molecule has 0 unspecified atom stereocenters. The van der Waals surface area contributed by atoms with E-state index in [0.29, 0.717) is 6.61 Å². The zero-order valence-corrected chi connectivity index (χ0v) is 12.1. The van der Waals surface area contributed by atoms with E-state index in [1.54, 1.807) is 0 Å². The summed E-state index contributed by atoms with van der Waals surface area (Å²) in [6.45, 7) is 1.25. The Kier molecular flexibility index (Phi) is 4.78. The molecular formula is C12H20NO5S+. The van der Waals surface area contributed by atoms with Crippen LogP contribution in [-0.4, -0.2) is 56.9 Å². The van der Waals surface area contributed by atoms with Gasteiger partial charge in [0.1, 0.15) is 0 Å². The van der Waals surface area contributed by atoms with Crippen molar-refractivity contribution in [3.8, 4) is 11.5 Å². The topological polar surface area (TPSA) is 83.8 Å². The monoisotopic (exact) mass is 290 g/mol. The number of benzene rings is 1.